The van der Waals surface area contributed by atoms with E-state index in [0.717, 1.165) is 6.07 Å². The van der Waals surface area contributed by atoms with Crippen LogP contribution in [0.1, 0.15) is 16.7 Å². The Morgan fingerprint density at radius 3 is 1.91 bits per heavy atom. The van der Waals surface area contributed by atoms with Gasteiger partial charge < -0.3 is 9.47 Å². The summed E-state index contributed by atoms with van der Waals surface area (Å²) in [6.07, 6.45) is -4.73. The molecule has 0 aliphatic rings. The Balaban J connectivity index is 1.96. The van der Waals surface area contributed by atoms with E-state index in [1.807, 2.05) is 0 Å². The smallest absolute Gasteiger partial charge is 0.432 e. The van der Waals surface area contributed by atoms with Gasteiger partial charge in [0.05, 0.1) is 7.11 Å². The first-order valence-corrected chi connectivity index (χ1v) is 8.59. The van der Waals surface area contributed by atoms with Crippen LogP contribution in [-0.2, 0) is 6.11 Å². The van der Waals surface area contributed by atoms with Crippen molar-refractivity contribution < 1.29 is 44.6 Å². The molecule has 0 fully saturated rings. The summed E-state index contributed by atoms with van der Waals surface area (Å²) in [4.78, 5) is 0. The summed E-state index contributed by atoms with van der Waals surface area (Å²) in [5.74, 6) is -6.65. The lowest BCUT2D eigenvalue weighted by Crippen LogP contribution is -2.25. The molecule has 0 saturated carbocycles. The van der Waals surface area contributed by atoms with Crippen LogP contribution in [0.5, 0.6) is 11.5 Å². The molecule has 0 amide bonds. The van der Waals surface area contributed by atoms with Gasteiger partial charge >= 0.3 is 6.11 Å². The maximum absolute atomic E-state index is 14.3. The summed E-state index contributed by atoms with van der Waals surface area (Å²) in [5.41, 5.74) is -2.53. The van der Waals surface area contributed by atoms with E-state index in [9.17, 15) is 35.1 Å². The number of ether oxygens (including phenoxy) is 2. The second-order valence-corrected chi connectivity index (χ2v) is 6.20. The molecule has 3 rings (SSSR count). The Morgan fingerprint density at radius 1 is 0.750 bits per heavy atom. The molecular weight excluding hydrogens is 448 g/mol. The first-order valence-electron chi connectivity index (χ1n) is 8.59. The van der Waals surface area contributed by atoms with Crippen LogP contribution in [0.2, 0.25) is 0 Å². The predicted molar refractivity (Wildman–Crippen MR) is 96.1 cm³/mol. The fourth-order valence-corrected chi connectivity index (χ4v) is 2.64. The Morgan fingerprint density at radius 2 is 1.34 bits per heavy atom. The van der Waals surface area contributed by atoms with Gasteiger partial charge in [0.1, 0.15) is 40.1 Å². The van der Waals surface area contributed by atoms with Crippen molar-refractivity contribution >= 4 is 0 Å². The molecule has 10 heteroatoms. The minimum Gasteiger partial charge on any atom is -0.495 e. The number of methoxy groups -OCH3 is 1. The van der Waals surface area contributed by atoms with Gasteiger partial charge in [-0.25, -0.2) is 26.3 Å². The van der Waals surface area contributed by atoms with Crippen LogP contribution < -0.4 is 9.47 Å². The minimum absolute atomic E-state index is 0.0359. The standard InChI is InChI=1S/C22H10F8O2/c1-31-19-4-2-3-14(23)13(19)6-5-11-7-15(24)20(16(25)8-11)22(29,30)32-12-9-17(26)21(28)18(27)10-12/h2-4,7-10H,1H3. The van der Waals surface area contributed by atoms with E-state index in [4.69, 9.17) is 4.74 Å². The molecule has 0 aromatic heterocycles. The van der Waals surface area contributed by atoms with Gasteiger partial charge in [-0.2, -0.15) is 8.78 Å². The van der Waals surface area contributed by atoms with Gasteiger partial charge in [-0.3, -0.25) is 0 Å². The van der Waals surface area contributed by atoms with E-state index in [1.165, 1.54) is 19.2 Å². The molecule has 166 valence electrons. The molecular formula is C22H10F8O2. The van der Waals surface area contributed by atoms with Crippen LogP contribution in [-0.4, -0.2) is 7.11 Å². The Hall–Kier alpha value is -3.74. The summed E-state index contributed by atoms with van der Waals surface area (Å²) in [6.45, 7) is 0. The number of benzene rings is 3. The number of hydrogen-bond donors (Lipinski definition) is 0. The van der Waals surface area contributed by atoms with Gasteiger partial charge in [-0.05, 0) is 24.3 Å². The van der Waals surface area contributed by atoms with E-state index < -0.39 is 57.9 Å². The third kappa shape index (κ3) is 4.61. The zero-order valence-electron chi connectivity index (χ0n) is 15.9. The van der Waals surface area contributed by atoms with E-state index in [1.54, 1.807) is 0 Å². The third-order valence-electron chi connectivity index (χ3n) is 4.06. The van der Waals surface area contributed by atoms with E-state index in [2.05, 4.69) is 16.6 Å². The maximum Gasteiger partial charge on any atom is 0.432 e. The topological polar surface area (TPSA) is 18.5 Å². The molecule has 3 aromatic rings. The van der Waals surface area contributed by atoms with Crippen molar-refractivity contribution in [3.05, 3.63) is 94.1 Å². The van der Waals surface area contributed by atoms with Crippen molar-refractivity contribution in [3.8, 4) is 23.3 Å². The van der Waals surface area contributed by atoms with Gasteiger partial charge in [0.15, 0.2) is 17.5 Å². The van der Waals surface area contributed by atoms with Gasteiger partial charge in [-0.1, -0.05) is 17.9 Å². The molecule has 0 saturated heterocycles. The summed E-state index contributed by atoms with van der Waals surface area (Å²) >= 11 is 0. The molecule has 0 spiro atoms. The average molecular weight is 458 g/mol. The van der Waals surface area contributed by atoms with Crippen LogP contribution in [0, 0.1) is 46.7 Å². The van der Waals surface area contributed by atoms with Crippen molar-refractivity contribution in [2.24, 2.45) is 0 Å². The Labute approximate surface area is 176 Å². The number of hydrogen-bond acceptors (Lipinski definition) is 2. The zero-order chi connectivity index (χ0) is 23.6. The summed E-state index contributed by atoms with van der Waals surface area (Å²) in [7, 11) is 1.25. The summed E-state index contributed by atoms with van der Waals surface area (Å²) in [6, 6.07) is 4.83. The molecule has 32 heavy (non-hydrogen) atoms. The summed E-state index contributed by atoms with van der Waals surface area (Å²) < 4.78 is 119. The van der Waals surface area contributed by atoms with Crippen LogP contribution in [0.25, 0.3) is 0 Å². The SMILES string of the molecule is COc1cccc(F)c1C#Cc1cc(F)c(C(F)(F)Oc2cc(F)c(F)c(F)c2)c(F)c1. The molecule has 0 atom stereocenters. The first-order chi connectivity index (χ1) is 15.0. The van der Waals surface area contributed by atoms with Crippen LogP contribution in [0.4, 0.5) is 35.1 Å². The number of rotatable bonds is 4. The van der Waals surface area contributed by atoms with E-state index in [0.29, 0.717) is 12.1 Å². The monoisotopic (exact) mass is 458 g/mol. The van der Waals surface area contributed by atoms with Gasteiger partial charge in [0, 0.05) is 17.7 Å². The van der Waals surface area contributed by atoms with Crippen molar-refractivity contribution in [2.75, 3.05) is 7.11 Å². The second kappa shape index (κ2) is 8.78. The zero-order valence-corrected chi connectivity index (χ0v) is 15.9. The number of alkyl halides is 2. The van der Waals surface area contributed by atoms with Crippen molar-refractivity contribution in [1.82, 2.24) is 0 Å². The van der Waals surface area contributed by atoms with E-state index in [-0.39, 0.29) is 23.4 Å². The highest BCUT2D eigenvalue weighted by atomic mass is 19.3. The molecule has 0 bridgehead atoms. The lowest BCUT2D eigenvalue weighted by atomic mass is 10.1. The first kappa shape index (κ1) is 22.9. The molecule has 0 radical (unpaired) electrons. The van der Waals surface area contributed by atoms with Gasteiger partial charge in [0.2, 0.25) is 0 Å². The van der Waals surface area contributed by atoms with Gasteiger partial charge in [0.25, 0.3) is 0 Å². The highest BCUT2D eigenvalue weighted by Gasteiger charge is 2.41. The average Bonchev–Trinajstić information content (AvgIpc) is 2.69. The molecule has 0 heterocycles. The predicted octanol–water partition coefficient (Wildman–Crippen LogP) is 6.06. The minimum atomic E-state index is -4.73. The second-order valence-electron chi connectivity index (χ2n) is 6.20. The quantitative estimate of drug-likeness (QED) is 0.269. The number of halogens is 8. The van der Waals surface area contributed by atoms with Crippen molar-refractivity contribution in [3.63, 3.8) is 0 Å². The van der Waals surface area contributed by atoms with Crippen LogP contribution >= 0.6 is 0 Å². The lowest BCUT2D eigenvalue weighted by molar-refractivity contribution is -0.189. The van der Waals surface area contributed by atoms with Crippen molar-refractivity contribution in [2.45, 2.75) is 6.11 Å². The highest BCUT2D eigenvalue weighted by molar-refractivity contribution is 5.51. The molecule has 0 aliphatic carbocycles. The van der Waals surface area contributed by atoms with E-state index >= 15 is 0 Å². The molecule has 0 N–H and O–H groups in total. The van der Waals surface area contributed by atoms with Crippen LogP contribution in [0.3, 0.4) is 0 Å². The molecule has 0 unspecified atom stereocenters. The fourth-order valence-electron chi connectivity index (χ4n) is 2.64. The Kier molecular flexibility index (Phi) is 6.30. The third-order valence-corrected chi connectivity index (χ3v) is 4.06. The fraction of sp³-hybridized carbons (Fsp3) is 0.0909. The largest absolute Gasteiger partial charge is 0.495 e. The lowest BCUT2D eigenvalue weighted by Gasteiger charge is -2.19. The van der Waals surface area contributed by atoms with Crippen LogP contribution in [0.15, 0.2) is 42.5 Å². The summed E-state index contributed by atoms with van der Waals surface area (Å²) in [5, 5.41) is 0. The van der Waals surface area contributed by atoms with Gasteiger partial charge in [-0.15, -0.1) is 0 Å². The Bertz CT molecular complexity index is 1200. The normalized spacial score (nSPS) is 11.0. The molecule has 3 aromatic carbocycles. The molecule has 2 nitrogen and oxygen atoms in total. The molecule has 0 aliphatic heterocycles. The maximum atomic E-state index is 14.3. The van der Waals surface area contributed by atoms with Crippen molar-refractivity contribution in [1.29, 1.82) is 0 Å². The highest BCUT2D eigenvalue weighted by Crippen LogP contribution is 2.36.